The van der Waals surface area contributed by atoms with Crippen molar-refractivity contribution in [2.45, 2.75) is 32.7 Å². The minimum Gasteiger partial charge on any atom is -0.494 e. The van der Waals surface area contributed by atoms with Crippen molar-refractivity contribution >= 4 is 41.3 Å². The minimum absolute atomic E-state index is 0. The molecule has 2 unspecified atom stereocenters. The summed E-state index contributed by atoms with van der Waals surface area (Å²) < 4.78 is 18.9. The molecule has 0 aliphatic rings. The molecular formula is C19H27FIN3OS. The van der Waals surface area contributed by atoms with E-state index >= 15 is 0 Å². The van der Waals surface area contributed by atoms with Gasteiger partial charge < -0.3 is 15.4 Å². The first kappa shape index (κ1) is 22.7. The van der Waals surface area contributed by atoms with Crippen LogP contribution in [0.25, 0.3) is 0 Å². The van der Waals surface area contributed by atoms with Gasteiger partial charge in [0, 0.05) is 17.3 Å². The summed E-state index contributed by atoms with van der Waals surface area (Å²) in [5.41, 5.74) is 0.843. The Morgan fingerprint density at radius 3 is 2.65 bits per heavy atom. The van der Waals surface area contributed by atoms with Crippen molar-refractivity contribution in [1.82, 2.24) is 10.6 Å². The molecule has 0 spiro atoms. The lowest BCUT2D eigenvalue weighted by Crippen LogP contribution is -2.39. The number of nitrogens with one attached hydrogen (secondary N) is 2. The molecule has 1 aromatic heterocycles. The Morgan fingerprint density at radius 2 is 2.08 bits per heavy atom. The van der Waals surface area contributed by atoms with Crippen LogP contribution in [0.15, 0.2) is 40.7 Å². The zero-order valence-corrected chi connectivity index (χ0v) is 18.7. The maximum Gasteiger partial charge on any atom is 0.191 e. The number of nitrogens with zero attached hydrogens (tertiary/aromatic N) is 1. The van der Waals surface area contributed by atoms with Crippen molar-refractivity contribution in [3.05, 3.63) is 52.0 Å². The van der Waals surface area contributed by atoms with Crippen molar-refractivity contribution in [2.75, 3.05) is 20.2 Å². The molecule has 0 aliphatic heterocycles. The monoisotopic (exact) mass is 491 g/mol. The second-order valence-corrected chi connectivity index (χ2v) is 6.88. The second-order valence-electron chi connectivity index (χ2n) is 5.90. The highest BCUT2D eigenvalue weighted by Crippen LogP contribution is 2.22. The third kappa shape index (κ3) is 6.42. The standard InChI is InChI=1S/C19H26FN3OS.HI/c1-5-21-19(22-12-13(2)18-7-6-10-25-18)23-14(3)15-8-9-17(24-4)16(20)11-15;/h6-11,13-14H,5,12H2,1-4H3,(H2,21,22,23);1H. The lowest BCUT2D eigenvalue weighted by Gasteiger charge is -2.19. The Morgan fingerprint density at radius 1 is 1.31 bits per heavy atom. The van der Waals surface area contributed by atoms with Crippen molar-refractivity contribution in [3.63, 3.8) is 0 Å². The smallest absolute Gasteiger partial charge is 0.191 e. The van der Waals surface area contributed by atoms with Gasteiger partial charge in [0.1, 0.15) is 0 Å². The highest BCUT2D eigenvalue weighted by Gasteiger charge is 2.12. The Kier molecular flexibility index (Phi) is 9.93. The molecule has 0 saturated heterocycles. The molecule has 0 fully saturated rings. The van der Waals surface area contributed by atoms with E-state index in [1.807, 2.05) is 19.9 Å². The van der Waals surface area contributed by atoms with Crippen LogP contribution < -0.4 is 15.4 Å². The molecule has 0 aliphatic carbocycles. The van der Waals surface area contributed by atoms with Gasteiger partial charge in [-0.05, 0) is 43.0 Å². The van der Waals surface area contributed by atoms with E-state index in [2.05, 4.69) is 40.1 Å². The molecule has 1 heterocycles. The Balaban J connectivity index is 0.00000338. The predicted molar refractivity (Wildman–Crippen MR) is 119 cm³/mol. The molecule has 1 aromatic carbocycles. The summed E-state index contributed by atoms with van der Waals surface area (Å²) in [4.78, 5) is 6.00. The highest BCUT2D eigenvalue weighted by molar-refractivity contribution is 14.0. The van der Waals surface area contributed by atoms with Gasteiger partial charge in [-0.1, -0.05) is 19.1 Å². The van der Waals surface area contributed by atoms with Gasteiger partial charge in [-0.3, -0.25) is 4.99 Å². The first-order chi connectivity index (χ1) is 12.0. The third-order valence-corrected chi connectivity index (χ3v) is 5.03. The van der Waals surface area contributed by atoms with Gasteiger partial charge in [0.15, 0.2) is 17.5 Å². The fourth-order valence-corrected chi connectivity index (χ4v) is 3.23. The molecule has 2 atom stereocenters. The van der Waals surface area contributed by atoms with Crippen LogP contribution in [-0.2, 0) is 0 Å². The number of guanidine groups is 1. The topological polar surface area (TPSA) is 45.7 Å². The number of halogens is 2. The zero-order chi connectivity index (χ0) is 18.2. The second kappa shape index (κ2) is 11.4. The molecule has 0 bridgehead atoms. The predicted octanol–water partition coefficient (Wildman–Crippen LogP) is 4.93. The summed E-state index contributed by atoms with van der Waals surface area (Å²) in [5, 5.41) is 8.66. The molecule has 2 aromatic rings. The fourth-order valence-electron chi connectivity index (χ4n) is 2.45. The molecule has 0 saturated carbocycles. The number of ether oxygens (including phenoxy) is 1. The molecule has 0 amide bonds. The molecular weight excluding hydrogens is 464 g/mol. The van der Waals surface area contributed by atoms with Crippen LogP contribution in [0.1, 0.15) is 43.2 Å². The van der Waals surface area contributed by atoms with Gasteiger partial charge in [-0.2, -0.15) is 0 Å². The van der Waals surface area contributed by atoms with E-state index in [0.717, 1.165) is 18.1 Å². The van der Waals surface area contributed by atoms with Gasteiger partial charge >= 0.3 is 0 Å². The number of hydrogen-bond donors (Lipinski definition) is 2. The first-order valence-electron chi connectivity index (χ1n) is 8.46. The summed E-state index contributed by atoms with van der Waals surface area (Å²) in [6.45, 7) is 7.64. The van der Waals surface area contributed by atoms with Crippen LogP contribution in [0, 0.1) is 5.82 Å². The number of benzene rings is 1. The van der Waals surface area contributed by atoms with E-state index in [1.54, 1.807) is 17.4 Å². The normalized spacial score (nSPS) is 13.5. The van der Waals surface area contributed by atoms with E-state index in [1.165, 1.54) is 18.1 Å². The number of methoxy groups -OCH3 is 1. The molecule has 0 radical (unpaired) electrons. The fraction of sp³-hybridized carbons (Fsp3) is 0.421. The minimum atomic E-state index is -0.359. The van der Waals surface area contributed by atoms with Crippen LogP contribution in [0.2, 0.25) is 0 Å². The third-order valence-electron chi connectivity index (χ3n) is 3.93. The van der Waals surface area contributed by atoms with Gasteiger partial charge in [0.2, 0.25) is 0 Å². The maximum atomic E-state index is 13.9. The average molecular weight is 491 g/mol. The summed E-state index contributed by atoms with van der Waals surface area (Å²) in [5.74, 6) is 0.988. The van der Waals surface area contributed by atoms with Crippen LogP contribution in [0.3, 0.4) is 0 Å². The van der Waals surface area contributed by atoms with E-state index in [0.29, 0.717) is 12.5 Å². The summed E-state index contributed by atoms with van der Waals surface area (Å²) >= 11 is 1.75. The van der Waals surface area contributed by atoms with E-state index in [-0.39, 0.29) is 41.6 Å². The van der Waals surface area contributed by atoms with Crippen LogP contribution in [0.4, 0.5) is 4.39 Å². The molecule has 7 heteroatoms. The largest absolute Gasteiger partial charge is 0.494 e. The van der Waals surface area contributed by atoms with Gasteiger partial charge in [-0.25, -0.2) is 4.39 Å². The summed E-state index contributed by atoms with van der Waals surface area (Å²) in [6, 6.07) is 9.12. The van der Waals surface area contributed by atoms with E-state index in [4.69, 9.17) is 4.74 Å². The SMILES string of the molecule is CCNC(=NCC(C)c1cccs1)NC(C)c1ccc(OC)c(F)c1.I. The Bertz CT molecular complexity index is 694. The molecule has 4 nitrogen and oxygen atoms in total. The van der Waals surface area contributed by atoms with Crippen molar-refractivity contribution in [1.29, 1.82) is 0 Å². The van der Waals surface area contributed by atoms with Gasteiger partial charge in [0.05, 0.1) is 19.7 Å². The Labute approximate surface area is 176 Å². The summed E-state index contributed by atoms with van der Waals surface area (Å²) in [6.07, 6.45) is 0. The molecule has 2 N–H and O–H groups in total. The lowest BCUT2D eigenvalue weighted by atomic mass is 10.1. The molecule has 144 valence electrons. The highest BCUT2D eigenvalue weighted by atomic mass is 127. The average Bonchev–Trinajstić information content (AvgIpc) is 3.14. The van der Waals surface area contributed by atoms with Crippen LogP contribution >= 0.6 is 35.3 Å². The lowest BCUT2D eigenvalue weighted by molar-refractivity contribution is 0.386. The van der Waals surface area contributed by atoms with Crippen LogP contribution in [-0.4, -0.2) is 26.2 Å². The van der Waals surface area contributed by atoms with E-state index < -0.39 is 0 Å². The Hall–Kier alpha value is -1.35. The summed E-state index contributed by atoms with van der Waals surface area (Å²) in [7, 11) is 1.46. The maximum absolute atomic E-state index is 13.9. The zero-order valence-electron chi connectivity index (χ0n) is 15.6. The number of hydrogen-bond acceptors (Lipinski definition) is 3. The van der Waals surface area contributed by atoms with Gasteiger partial charge in [-0.15, -0.1) is 35.3 Å². The quantitative estimate of drug-likeness (QED) is 0.328. The first-order valence-corrected chi connectivity index (χ1v) is 9.34. The molecule has 26 heavy (non-hydrogen) atoms. The number of thiophene rings is 1. The van der Waals surface area contributed by atoms with E-state index in [9.17, 15) is 4.39 Å². The van der Waals surface area contributed by atoms with Crippen molar-refractivity contribution in [3.8, 4) is 5.75 Å². The molecule has 2 rings (SSSR count). The van der Waals surface area contributed by atoms with Gasteiger partial charge in [0.25, 0.3) is 0 Å². The number of aliphatic imine (C=N–C) groups is 1. The number of rotatable bonds is 7. The van der Waals surface area contributed by atoms with Crippen molar-refractivity contribution < 1.29 is 9.13 Å². The van der Waals surface area contributed by atoms with Crippen molar-refractivity contribution in [2.24, 2.45) is 4.99 Å². The van der Waals surface area contributed by atoms with Crippen LogP contribution in [0.5, 0.6) is 5.75 Å².